The number of hydrogen-bond donors (Lipinski definition) is 0. The fourth-order valence-electron chi connectivity index (χ4n) is 3.61. The minimum absolute atomic E-state index is 0.510. The van der Waals surface area contributed by atoms with Crippen LogP contribution in [-0.4, -0.2) is 11.6 Å². The molecule has 0 radical (unpaired) electrons. The zero-order valence-corrected chi connectivity index (χ0v) is 14.2. The predicted octanol–water partition coefficient (Wildman–Crippen LogP) is 4.31. The Morgan fingerprint density at radius 1 is 0.577 bits per heavy atom. The van der Waals surface area contributed by atoms with Crippen LogP contribution < -0.4 is 0 Å². The topological polar surface area (TPSA) is 55.4 Å². The van der Waals surface area contributed by atoms with Crippen LogP contribution in [0.5, 0.6) is 0 Å². The summed E-state index contributed by atoms with van der Waals surface area (Å²) in [5.41, 5.74) is 1.87. The molecule has 1 aliphatic carbocycles. The minimum Gasteiger partial charge on any atom is -0.311 e. The normalized spacial score (nSPS) is 36.8. The van der Waals surface area contributed by atoms with E-state index in [1.165, 1.54) is 0 Å². The van der Waals surface area contributed by atoms with Crippen molar-refractivity contribution in [2.75, 3.05) is 0 Å². The summed E-state index contributed by atoms with van der Waals surface area (Å²) in [4.78, 5) is 22.1. The molecule has 2 atom stereocenters. The SMILES string of the molecule is c1ccc(C2OOC3(CCC4(CC3)OOC(c3ccccc3)O4)O2)cc1. The Morgan fingerprint density at radius 2 is 0.962 bits per heavy atom. The summed E-state index contributed by atoms with van der Waals surface area (Å²) >= 11 is 0. The van der Waals surface area contributed by atoms with Gasteiger partial charge in [0.05, 0.1) is 0 Å². The van der Waals surface area contributed by atoms with E-state index in [9.17, 15) is 0 Å². The lowest BCUT2D eigenvalue weighted by Crippen LogP contribution is -2.44. The second-order valence-corrected chi connectivity index (χ2v) is 6.90. The maximum Gasteiger partial charge on any atom is 0.220 e. The van der Waals surface area contributed by atoms with E-state index in [-0.39, 0.29) is 0 Å². The third kappa shape index (κ3) is 2.95. The van der Waals surface area contributed by atoms with Crippen molar-refractivity contribution in [1.82, 2.24) is 0 Å². The summed E-state index contributed by atoms with van der Waals surface area (Å²) in [6, 6.07) is 19.5. The van der Waals surface area contributed by atoms with Gasteiger partial charge in [0.15, 0.2) is 0 Å². The van der Waals surface area contributed by atoms with E-state index in [2.05, 4.69) is 0 Å². The van der Waals surface area contributed by atoms with Crippen molar-refractivity contribution in [3.8, 4) is 0 Å². The molecular weight excluding hydrogens is 336 g/mol. The Kier molecular flexibility index (Phi) is 4.04. The highest BCUT2D eigenvalue weighted by molar-refractivity contribution is 5.17. The number of rotatable bonds is 2. The van der Waals surface area contributed by atoms with Gasteiger partial charge in [0, 0.05) is 36.8 Å². The summed E-state index contributed by atoms with van der Waals surface area (Å²) in [5.74, 6) is -1.52. The van der Waals surface area contributed by atoms with Crippen LogP contribution in [0.15, 0.2) is 60.7 Å². The van der Waals surface area contributed by atoms with Crippen molar-refractivity contribution in [1.29, 1.82) is 0 Å². The van der Waals surface area contributed by atoms with Gasteiger partial charge in [-0.2, -0.15) is 19.6 Å². The predicted molar refractivity (Wildman–Crippen MR) is 88.8 cm³/mol. The van der Waals surface area contributed by atoms with Gasteiger partial charge in [-0.25, -0.2) is 0 Å². The lowest BCUT2D eigenvalue weighted by molar-refractivity contribution is -0.373. The fraction of sp³-hybridized carbons (Fsp3) is 0.400. The fourth-order valence-corrected chi connectivity index (χ4v) is 3.61. The van der Waals surface area contributed by atoms with Gasteiger partial charge >= 0.3 is 0 Å². The first-order valence-corrected chi connectivity index (χ1v) is 8.91. The van der Waals surface area contributed by atoms with E-state index < -0.39 is 24.2 Å². The number of benzene rings is 2. The molecule has 5 rings (SSSR count). The van der Waals surface area contributed by atoms with Gasteiger partial charge in [0.1, 0.15) is 0 Å². The smallest absolute Gasteiger partial charge is 0.220 e. The van der Waals surface area contributed by atoms with Crippen LogP contribution in [-0.2, 0) is 29.0 Å². The van der Waals surface area contributed by atoms with Crippen LogP contribution in [0.3, 0.4) is 0 Å². The lowest BCUT2D eigenvalue weighted by atomic mass is 9.89. The van der Waals surface area contributed by atoms with Crippen LogP contribution in [0.1, 0.15) is 49.4 Å². The third-order valence-corrected chi connectivity index (χ3v) is 5.14. The summed E-state index contributed by atoms with van der Waals surface area (Å²) in [7, 11) is 0. The largest absolute Gasteiger partial charge is 0.311 e. The highest BCUT2D eigenvalue weighted by Crippen LogP contribution is 2.50. The number of hydrogen-bond acceptors (Lipinski definition) is 6. The van der Waals surface area contributed by atoms with E-state index in [0.717, 1.165) is 11.1 Å². The van der Waals surface area contributed by atoms with Crippen LogP contribution in [0.25, 0.3) is 0 Å². The van der Waals surface area contributed by atoms with Crippen molar-refractivity contribution < 1.29 is 29.0 Å². The van der Waals surface area contributed by atoms with Gasteiger partial charge in [0.2, 0.25) is 24.2 Å². The van der Waals surface area contributed by atoms with E-state index in [0.29, 0.717) is 25.7 Å². The van der Waals surface area contributed by atoms with Gasteiger partial charge in [-0.05, 0) is 0 Å². The molecule has 6 nitrogen and oxygen atoms in total. The molecule has 26 heavy (non-hydrogen) atoms. The van der Waals surface area contributed by atoms with Gasteiger partial charge in [-0.1, -0.05) is 60.7 Å². The molecule has 2 aromatic rings. The third-order valence-electron chi connectivity index (χ3n) is 5.14. The molecule has 2 unspecified atom stereocenters. The Morgan fingerprint density at radius 3 is 1.35 bits per heavy atom. The van der Waals surface area contributed by atoms with E-state index in [1.807, 2.05) is 60.7 Å². The van der Waals surface area contributed by atoms with Crippen LogP contribution >= 0.6 is 0 Å². The van der Waals surface area contributed by atoms with Crippen molar-refractivity contribution in [2.24, 2.45) is 0 Å². The van der Waals surface area contributed by atoms with E-state index >= 15 is 0 Å². The summed E-state index contributed by atoms with van der Waals surface area (Å²) in [6.07, 6.45) is 1.37. The maximum atomic E-state index is 6.09. The summed E-state index contributed by atoms with van der Waals surface area (Å²) in [6.45, 7) is 0. The Balaban J connectivity index is 1.23. The average Bonchev–Trinajstić information content (AvgIpc) is 3.32. The van der Waals surface area contributed by atoms with Crippen LogP contribution in [0, 0.1) is 0 Å². The molecular formula is C20H20O6. The average molecular weight is 356 g/mol. The van der Waals surface area contributed by atoms with Crippen molar-refractivity contribution in [3.63, 3.8) is 0 Å². The molecule has 2 aliphatic heterocycles. The molecule has 0 bridgehead atoms. The minimum atomic E-state index is -0.761. The molecule has 2 aromatic carbocycles. The van der Waals surface area contributed by atoms with Gasteiger partial charge in [0.25, 0.3) is 0 Å². The quantitative estimate of drug-likeness (QED) is 0.748. The highest BCUT2D eigenvalue weighted by atomic mass is 17.3. The van der Waals surface area contributed by atoms with E-state index in [1.54, 1.807) is 0 Å². The molecule has 2 saturated heterocycles. The van der Waals surface area contributed by atoms with Gasteiger partial charge in [-0.3, -0.25) is 0 Å². The first-order chi connectivity index (χ1) is 12.8. The monoisotopic (exact) mass is 356 g/mol. The summed E-state index contributed by atoms with van der Waals surface area (Å²) < 4.78 is 12.2. The van der Waals surface area contributed by atoms with Crippen molar-refractivity contribution in [3.05, 3.63) is 71.8 Å². The first-order valence-electron chi connectivity index (χ1n) is 8.91. The molecule has 0 aromatic heterocycles. The van der Waals surface area contributed by atoms with E-state index in [4.69, 9.17) is 29.0 Å². The molecule has 136 valence electrons. The molecule has 3 fully saturated rings. The van der Waals surface area contributed by atoms with Crippen molar-refractivity contribution in [2.45, 2.75) is 49.8 Å². The molecule has 0 N–H and O–H groups in total. The molecule has 2 spiro atoms. The molecule has 6 heteroatoms. The van der Waals surface area contributed by atoms with Gasteiger partial charge < -0.3 is 9.47 Å². The highest BCUT2D eigenvalue weighted by Gasteiger charge is 2.55. The Hall–Kier alpha value is -1.80. The standard InChI is InChI=1S/C20H20O6/c1-3-7-15(8-4-1)17-21-19(25-23-17)11-13-20(14-12-19)22-18(24-26-20)16-9-5-2-6-10-16/h1-10,17-18H,11-14H2. The molecule has 0 amide bonds. The molecule has 3 aliphatic rings. The molecule has 2 heterocycles. The maximum absolute atomic E-state index is 6.09. The van der Waals surface area contributed by atoms with Crippen molar-refractivity contribution >= 4 is 0 Å². The zero-order chi connectivity index (χ0) is 17.5. The van der Waals surface area contributed by atoms with Crippen LogP contribution in [0.2, 0.25) is 0 Å². The summed E-state index contributed by atoms with van der Waals surface area (Å²) in [5, 5.41) is 0. The Bertz CT molecular complexity index is 676. The van der Waals surface area contributed by atoms with Crippen LogP contribution in [0.4, 0.5) is 0 Å². The lowest BCUT2D eigenvalue weighted by Gasteiger charge is -2.37. The number of ether oxygens (including phenoxy) is 2. The van der Waals surface area contributed by atoms with Gasteiger partial charge in [-0.15, -0.1) is 0 Å². The Labute approximate surface area is 151 Å². The second-order valence-electron chi connectivity index (χ2n) is 6.90. The first kappa shape index (κ1) is 16.4. The zero-order valence-electron chi connectivity index (χ0n) is 14.2. The molecule has 1 saturated carbocycles. The second kappa shape index (κ2) is 6.42.